The summed E-state index contributed by atoms with van der Waals surface area (Å²) in [5.74, 6) is 0.703. The largest absolute Gasteiger partial charge is 0.326 e. The first-order valence-electron chi connectivity index (χ1n) is 11.1. The highest BCUT2D eigenvalue weighted by Crippen LogP contribution is 2.29. The van der Waals surface area contributed by atoms with Crippen molar-refractivity contribution in [3.8, 4) is 11.4 Å². The van der Waals surface area contributed by atoms with Crippen LogP contribution < -0.4 is 10.9 Å². The molecule has 2 aromatic heterocycles. The molecule has 0 bridgehead atoms. The molecule has 0 unspecified atom stereocenters. The van der Waals surface area contributed by atoms with Crippen molar-refractivity contribution in [1.29, 1.82) is 0 Å². The monoisotopic (exact) mass is 470 g/mol. The number of H-pyrrole nitrogens is 1. The number of anilines is 1. The van der Waals surface area contributed by atoms with Gasteiger partial charge in [-0.2, -0.15) is 0 Å². The third kappa shape index (κ3) is 5.80. The third-order valence-electron chi connectivity index (χ3n) is 5.43. The van der Waals surface area contributed by atoms with Gasteiger partial charge in [0.15, 0.2) is 0 Å². The molecular formula is C27H26N4O2S. The van der Waals surface area contributed by atoms with Crippen LogP contribution in [-0.4, -0.2) is 20.9 Å². The SMILES string of the molecule is Cc1nc(-c2ccncc2)[nH]c(=O)c1CC(=O)Nc1ccc(Sc2ccc(C(C)C)cc2)cc1. The highest BCUT2D eigenvalue weighted by molar-refractivity contribution is 7.99. The van der Waals surface area contributed by atoms with Gasteiger partial charge in [0.05, 0.1) is 6.42 Å². The summed E-state index contributed by atoms with van der Waals surface area (Å²) in [6.07, 6.45) is 3.22. The first kappa shape index (κ1) is 23.4. The second-order valence-corrected chi connectivity index (χ2v) is 9.44. The predicted octanol–water partition coefficient (Wildman–Crippen LogP) is 5.60. The van der Waals surface area contributed by atoms with Gasteiger partial charge in [-0.15, -0.1) is 0 Å². The van der Waals surface area contributed by atoms with E-state index in [1.165, 1.54) is 10.5 Å². The van der Waals surface area contributed by atoms with Crippen LogP contribution in [0.2, 0.25) is 0 Å². The molecule has 6 nitrogen and oxygen atoms in total. The maximum atomic E-state index is 12.6. The first-order chi connectivity index (χ1) is 16.4. The lowest BCUT2D eigenvalue weighted by atomic mass is 10.0. The van der Waals surface area contributed by atoms with Gasteiger partial charge in [0.2, 0.25) is 5.91 Å². The van der Waals surface area contributed by atoms with E-state index >= 15 is 0 Å². The Morgan fingerprint density at radius 3 is 2.18 bits per heavy atom. The summed E-state index contributed by atoms with van der Waals surface area (Å²) in [5, 5.41) is 2.87. The summed E-state index contributed by atoms with van der Waals surface area (Å²) in [5.41, 5.74) is 3.33. The number of hydrogen-bond acceptors (Lipinski definition) is 5. The molecule has 1 amide bonds. The van der Waals surface area contributed by atoms with Crippen LogP contribution in [0.15, 0.2) is 87.6 Å². The average Bonchev–Trinajstić information content (AvgIpc) is 2.83. The van der Waals surface area contributed by atoms with Crippen LogP contribution in [0.1, 0.15) is 36.6 Å². The lowest BCUT2D eigenvalue weighted by molar-refractivity contribution is -0.115. The fourth-order valence-electron chi connectivity index (χ4n) is 3.49. The summed E-state index contributed by atoms with van der Waals surface area (Å²) in [7, 11) is 0. The van der Waals surface area contributed by atoms with Crippen molar-refractivity contribution in [3.05, 3.63) is 100 Å². The van der Waals surface area contributed by atoms with E-state index in [0.717, 1.165) is 10.5 Å². The third-order valence-corrected chi connectivity index (χ3v) is 6.45. The van der Waals surface area contributed by atoms with Crippen LogP contribution in [0.4, 0.5) is 5.69 Å². The first-order valence-corrected chi connectivity index (χ1v) is 11.9. The number of rotatable bonds is 7. The fourth-order valence-corrected chi connectivity index (χ4v) is 4.31. The molecule has 0 aliphatic rings. The molecular weight excluding hydrogens is 444 g/mol. The van der Waals surface area contributed by atoms with Gasteiger partial charge in [0.25, 0.3) is 5.56 Å². The summed E-state index contributed by atoms with van der Waals surface area (Å²) in [4.78, 5) is 38.7. The van der Waals surface area contributed by atoms with E-state index in [2.05, 4.69) is 58.4 Å². The molecule has 0 aliphatic heterocycles. The second kappa shape index (κ2) is 10.5. The molecule has 2 N–H and O–H groups in total. The van der Waals surface area contributed by atoms with Crippen LogP contribution in [0.3, 0.4) is 0 Å². The molecule has 7 heteroatoms. The minimum absolute atomic E-state index is 0.0521. The molecule has 4 aromatic rings. The number of hydrogen-bond donors (Lipinski definition) is 2. The number of amides is 1. The molecule has 0 saturated carbocycles. The standard InChI is InChI=1S/C27H26N4O2S/c1-17(2)19-4-8-22(9-5-19)34-23-10-6-21(7-11-23)30-25(32)16-24-18(3)29-26(31-27(24)33)20-12-14-28-15-13-20/h4-15,17H,16H2,1-3H3,(H,30,32)(H,29,31,33). The van der Waals surface area contributed by atoms with Gasteiger partial charge >= 0.3 is 0 Å². The van der Waals surface area contributed by atoms with Crippen molar-refractivity contribution in [2.45, 2.75) is 42.9 Å². The molecule has 2 aromatic carbocycles. The van der Waals surface area contributed by atoms with Gasteiger partial charge in [0, 0.05) is 44.7 Å². The Bertz CT molecular complexity index is 1330. The summed E-state index contributed by atoms with van der Waals surface area (Å²) >= 11 is 1.67. The number of nitrogens with zero attached hydrogens (tertiary/aromatic N) is 2. The highest BCUT2D eigenvalue weighted by atomic mass is 32.2. The number of aryl methyl sites for hydroxylation is 1. The van der Waals surface area contributed by atoms with Gasteiger partial charge in [0.1, 0.15) is 5.82 Å². The Kier molecular flexibility index (Phi) is 7.23. The minimum Gasteiger partial charge on any atom is -0.326 e. The van der Waals surface area contributed by atoms with E-state index in [9.17, 15) is 9.59 Å². The van der Waals surface area contributed by atoms with Gasteiger partial charge in [-0.1, -0.05) is 37.7 Å². The fraction of sp³-hybridized carbons (Fsp3) is 0.185. The molecule has 0 atom stereocenters. The van der Waals surface area contributed by atoms with E-state index in [1.54, 1.807) is 43.2 Å². The number of carbonyl (C=O) groups excluding carboxylic acids is 1. The predicted molar refractivity (Wildman–Crippen MR) is 136 cm³/mol. The number of benzene rings is 2. The van der Waals surface area contributed by atoms with Crippen LogP contribution in [0.5, 0.6) is 0 Å². The molecule has 0 saturated heterocycles. The van der Waals surface area contributed by atoms with Gasteiger partial charge in [-0.3, -0.25) is 14.6 Å². The van der Waals surface area contributed by atoms with Crippen molar-refractivity contribution >= 4 is 23.4 Å². The molecule has 34 heavy (non-hydrogen) atoms. The molecule has 0 radical (unpaired) electrons. The van der Waals surface area contributed by atoms with Crippen molar-refractivity contribution in [1.82, 2.24) is 15.0 Å². The quantitative estimate of drug-likeness (QED) is 0.367. The summed E-state index contributed by atoms with van der Waals surface area (Å²) in [6.45, 7) is 6.10. The molecule has 172 valence electrons. The van der Waals surface area contributed by atoms with Gasteiger partial charge in [-0.25, -0.2) is 4.98 Å². The topological polar surface area (TPSA) is 87.7 Å². The highest BCUT2D eigenvalue weighted by Gasteiger charge is 2.14. The number of aromatic amines is 1. The van der Waals surface area contributed by atoms with Crippen LogP contribution in [0, 0.1) is 6.92 Å². The molecule has 2 heterocycles. The van der Waals surface area contributed by atoms with E-state index in [-0.39, 0.29) is 17.9 Å². The lowest BCUT2D eigenvalue weighted by Crippen LogP contribution is -2.23. The minimum atomic E-state index is -0.315. The van der Waals surface area contributed by atoms with E-state index in [0.29, 0.717) is 28.7 Å². The number of carbonyl (C=O) groups is 1. The molecule has 0 spiro atoms. The Hall–Kier alpha value is -3.71. The zero-order valence-corrected chi connectivity index (χ0v) is 20.1. The Morgan fingerprint density at radius 1 is 0.971 bits per heavy atom. The lowest BCUT2D eigenvalue weighted by Gasteiger charge is -2.09. The normalized spacial score (nSPS) is 10.9. The summed E-state index contributed by atoms with van der Waals surface area (Å²) in [6, 6.07) is 19.8. The zero-order chi connectivity index (χ0) is 24.1. The molecule has 0 aliphatic carbocycles. The van der Waals surface area contributed by atoms with Crippen LogP contribution in [-0.2, 0) is 11.2 Å². The number of aromatic nitrogens is 3. The Morgan fingerprint density at radius 2 is 1.59 bits per heavy atom. The smallest absolute Gasteiger partial charge is 0.255 e. The van der Waals surface area contributed by atoms with E-state index in [4.69, 9.17) is 0 Å². The van der Waals surface area contributed by atoms with Gasteiger partial charge in [-0.05, 0) is 66.9 Å². The van der Waals surface area contributed by atoms with E-state index < -0.39 is 0 Å². The van der Waals surface area contributed by atoms with Crippen molar-refractivity contribution < 1.29 is 4.79 Å². The number of pyridine rings is 1. The zero-order valence-electron chi connectivity index (χ0n) is 19.3. The summed E-state index contributed by atoms with van der Waals surface area (Å²) < 4.78 is 0. The van der Waals surface area contributed by atoms with Crippen LogP contribution in [0.25, 0.3) is 11.4 Å². The van der Waals surface area contributed by atoms with Gasteiger partial charge < -0.3 is 10.3 Å². The Labute approximate surface area is 202 Å². The van der Waals surface area contributed by atoms with Crippen molar-refractivity contribution in [2.24, 2.45) is 0 Å². The van der Waals surface area contributed by atoms with Crippen molar-refractivity contribution in [2.75, 3.05) is 5.32 Å². The maximum Gasteiger partial charge on any atom is 0.255 e. The Balaban J connectivity index is 1.39. The maximum absolute atomic E-state index is 12.6. The molecule has 0 fully saturated rings. The van der Waals surface area contributed by atoms with E-state index in [1.807, 2.05) is 24.3 Å². The van der Waals surface area contributed by atoms with Crippen molar-refractivity contribution in [3.63, 3.8) is 0 Å². The molecule has 4 rings (SSSR count). The average molecular weight is 471 g/mol. The van der Waals surface area contributed by atoms with Crippen LogP contribution >= 0.6 is 11.8 Å². The second-order valence-electron chi connectivity index (χ2n) is 8.29. The number of nitrogens with one attached hydrogen (secondary N) is 2.